The van der Waals surface area contributed by atoms with Gasteiger partial charge in [-0.2, -0.15) is 0 Å². The molecule has 3 aromatic rings. The zero-order valence-electron chi connectivity index (χ0n) is 17.2. The second-order valence-corrected chi connectivity index (χ2v) is 9.60. The minimum Gasteiger partial charge on any atom is -0.408 e. The van der Waals surface area contributed by atoms with Crippen LogP contribution in [0.4, 0.5) is 0 Å². The molecule has 0 bridgehead atoms. The van der Waals surface area contributed by atoms with Crippen molar-refractivity contribution in [2.45, 2.75) is 56.1 Å². The molecule has 0 spiro atoms. The Hall–Kier alpha value is -2.91. The zero-order valence-corrected chi connectivity index (χ0v) is 18.0. The van der Waals surface area contributed by atoms with Crippen molar-refractivity contribution in [3.05, 3.63) is 64.6 Å². The smallest absolute Gasteiger partial charge is 0.408 e. The first-order valence-electron chi connectivity index (χ1n) is 10.3. The molecule has 1 fully saturated rings. The molecule has 1 amide bonds. The summed E-state index contributed by atoms with van der Waals surface area (Å²) in [5.74, 6) is -1.06. The van der Waals surface area contributed by atoms with Crippen LogP contribution >= 0.6 is 0 Å². The van der Waals surface area contributed by atoms with Gasteiger partial charge >= 0.3 is 5.76 Å². The predicted molar refractivity (Wildman–Crippen MR) is 116 cm³/mol. The number of hydrogen-bond donors (Lipinski definition) is 2. The fraction of sp³-hybridized carbons (Fsp3) is 0.364. The maximum absolute atomic E-state index is 12.7. The number of sulfonamides is 1. The quantitative estimate of drug-likeness (QED) is 0.583. The van der Waals surface area contributed by atoms with Crippen LogP contribution in [0.5, 0.6) is 0 Å². The fourth-order valence-electron chi connectivity index (χ4n) is 3.95. The summed E-state index contributed by atoms with van der Waals surface area (Å²) in [7, 11) is -3.71. The molecule has 1 saturated carbocycles. The minimum atomic E-state index is -3.71. The van der Waals surface area contributed by atoms with E-state index in [1.807, 2.05) is 37.3 Å². The first-order chi connectivity index (χ1) is 14.8. The summed E-state index contributed by atoms with van der Waals surface area (Å²) in [4.78, 5) is 24.8. The topological polar surface area (TPSA) is 110 Å². The lowest BCUT2D eigenvalue weighted by Gasteiger charge is -2.14. The molecule has 164 valence electrons. The number of fused-ring (bicyclic) bond motifs is 1. The van der Waals surface area contributed by atoms with E-state index in [1.165, 1.54) is 22.8 Å². The number of nitrogens with one attached hydrogen (secondary N) is 2. The maximum Gasteiger partial charge on any atom is 0.420 e. The van der Waals surface area contributed by atoms with Crippen LogP contribution in [0.2, 0.25) is 0 Å². The van der Waals surface area contributed by atoms with Gasteiger partial charge in [-0.1, -0.05) is 43.2 Å². The number of hydrogen-bond acceptors (Lipinski definition) is 5. The van der Waals surface area contributed by atoms with Gasteiger partial charge in [0.05, 0.1) is 16.5 Å². The summed E-state index contributed by atoms with van der Waals surface area (Å²) in [6.45, 7) is 1.63. The van der Waals surface area contributed by atoms with E-state index in [2.05, 4.69) is 10.0 Å². The van der Waals surface area contributed by atoms with Crippen molar-refractivity contribution in [3.8, 4) is 0 Å². The highest BCUT2D eigenvalue weighted by Gasteiger charge is 2.24. The zero-order chi connectivity index (χ0) is 22.0. The van der Waals surface area contributed by atoms with Crippen molar-refractivity contribution in [3.63, 3.8) is 0 Å². The van der Waals surface area contributed by atoms with Gasteiger partial charge in [0, 0.05) is 12.1 Å². The molecule has 1 atom stereocenters. The van der Waals surface area contributed by atoms with E-state index in [9.17, 15) is 18.0 Å². The Labute approximate surface area is 180 Å². The predicted octanol–water partition coefficient (Wildman–Crippen LogP) is 2.69. The molecule has 4 rings (SSSR count). The van der Waals surface area contributed by atoms with Gasteiger partial charge in [-0.15, -0.1) is 0 Å². The van der Waals surface area contributed by atoms with Gasteiger partial charge in [-0.25, -0.2) is 17.9 Å². The Morgan fingerprint density at radius 2 is 1.87 bits per heavy atom. The second-order valence-electron chi connectivity index (χ2n) is 7.89. The van der Waals surface area contributed by atoms with Gasteiger partial charge in [-0.05, 0) is 37.5 Å². The Balaban J connectivity index is 1.52. The van der Waals surface area contributed by atoms with Crippen LogP contribution in [0.1, 0.15) is 44.2 Å². The highest BCUT2D eigenvalue weighted by atomic mass is 32.2. The fourth-order valence-corrected chi connectivity index (χ4v) is 5.27. The van der Waals surface area contributed by atoms with E-state index in [-0.39, 0.29) is 35.0 Å². The third-order valence-electron chi connectivity index (χ3n) is 5.61. The van der Waals surface area contributed by atoms with Crippen LogP contribution in [-0.4, -0.2) is 24.9 Å². The van der Waals surface area contributed by atoms with Gasteiger partial charge < -0.3 is 9.73 Å². The van der Waals surface area contributed by atoms with Crippen LogP contribution in [0, 0.1) is 0 Å². The highest BCUT2D eigenvalue weighted by molar-refractivity contribution is 7.89. The second kappa shape index (κ2) is 8.68. The maximum atomic E-state index is 12.7. The van der Waals surface area contributed by atoms with Crippen LogP contribution in [0.3, 0.4) is 0 Å². The van der Waals surface area contributed by atoms with Gasteiger partial charge in [0.2, 0.25) is 15.9 Å². The molecule has 31 heavy (non-hydrogen) atoms. The summed E-state index contributed by atoms with van der Waals surface area (Å²) < 4.78 is 34.4. The number of carbonyl (C=O) groups is 1. The molecule has 2 aromatic carbocycles. The minimum absolute atomic E-state index is 0.0370. The molecule has 1 heterocycles. The Kier molecular flexibility index (Phi) is 5.97. The summed E-state index contributed by atoms with van der Waals surface area (Å²) in [5, 5.41) is 2.86. The lowest BCUT2D eigenvalue weighted by Crippen LogP contribution is -2.32. The normalized spacial score (nSPS) is 15.9. The number of nitrogens with zero attached hydrogens (tertiary/aromatic N) is 1. The van der Waals surface area contributed by atoms with E-state index in [0.29, 0.717) is 5.52 Å². The molecule has 1 unspecified atom stereocenters. The molecule has 2 N–H and O–H groups in total. The van der Waals surface area contributed by atoms with Gasteiger partial charge in [0.15, 0.2) is 5.58 Å². The van der Waals surface area contributed by atoms with E-state index in [1.54, 1.807) is 0 Å². The lowest BCUT2D eigenvalue weighted by molar-refractivity contribution is -0.122. The number of aromatic nitrogens is 1. The monoisotopic (exact) mass is 443 g/mol. The number of amides is 1. The van der Waals surface area contributed by atoms with Gasteiger partial charge in [0.25, 0.3) is 0 Å². The molecule has 1 aliphatic carbocycles. The molecule has 1 aromatic heterocycles. The highest BCUT2D eigenvalue weighted by Crippen LogP contribution is 2.23. The third kappa shape index (κ3) is 4.72. The van der Waals surface area contributed by atoms with Crippen LogP contribution in [-0.2, 0) is 21.4 Å². The van der Waals surface area contributed by atoms with Crippen LogP contribution in [0.25, 0.3) is 11.1 Å². The number of carbonyl (C=O) groups excluding carboxylic acids is 1. The van der Waals surface area contributed by atoms with Crippen molar-refractivity contribution in [2.24, 2.45) is 0 Å². The Morgan fingerprint density at radius 3 is 2.58 bits per heavy atom. The SMILES string of the molecule is CC(NC(=O)Cn1c(=O)oc2cc(S(=O)(=O)NC3CCCC3)ccc21)c1ccccc1. The molecular formula is C22H25N3O5S. The summed E-state index contributed by atoms with van der Waals surface area (Å²) >= 11 is 0. The number of benzene rings is 2. The molecule has 1 aliphatic rings. The number of oxazole rings is 1. The van der Waals surface area contributed by atoms with Crippen molar-refractivity contribution in [2.75, 3.05) is 0 Å². The largest absolute Gasteiger partial charge is 0.420 e. The van der Waals surface area contributed by atoms with Gasteiger partial charge in [-0.3, -0.25) is 9.36 Å². The summed E-state index contributed by atoms with van der Waals surface area (Å²) in [6, 6.07) is 13.5. The van der Waals surface area contributed by atoms with Crippen molar-refractivity contribution >= 4 is 27.0 Å². The Bertz CT molecular complexity index is 1240. The van der Waals surface area contributed by atoms with E-state index >= 15 is 0 Å². The molecular weight excluding hydrogens is 418 g/mol. The Morgan fingerprint density at radius 1 is 1.16 bits per heavy atom. The number of rotatable bonds is 7. The van der Waals surface area contributed by atoms with E-state index < -0.39 is 15.8 Å². The average Bonchev–Trinajstić information content (AvgIpc) is 3.35. The molecule has 8 nitrogen and oxygen atoms in total. The molecule has 0 saturated heterocycles. The average molecular weight is 444 g/mol. The standard InChI is InChI=1S/C22H25N3O5S/c1-15(16-7-3-2-4-8-16)23-21(26)14-25-19-12-11-18(13-20(19)30-22(25)27)31(28,29)24-17-9-5-6-10-17/h2-4,7-8,11-13,15,17,24H,5-6,9-10,14H2,1H3,(H,23,26). The van der Waals surface area contributed by atoms with E-state index in [4.69, 9.17) is 4.42 Å². The van der Waals surface area contributed by atoms with Crippen LogP contribution in [0.15, 0.2) is 62.6 Å². The molecule has 9 heteroatoms. The van der Waals surface area contributed by atoms with Crippen molar-refractivity contribution in [1.82, 2.24) is 14.6 Å². The first-order valence-corrected chi connectivity index (χ1v) is 11.8. The summed E-state index contributed by atoms with van der Waals surface area (Å²) in [6.07, 6.45) is 3.66. The van der Waals surface area contributed by atoms with Gasteiger partial charge in [0.1, 0.15) is 6.54 Å². The van der Waals surface area contributed by atoms with Crippen LogP contribution < -0.4 is 15.8 Å². The van der Waals surface area contributed by atoms with E-state index in [0.717, 1.165) is 31.2 Å². The third-order valence-corrected chi connectivity index (χ3v) is 7.12. The van der Waals surface area contributed by atoms with Crippen molar-refractivity contribution < 1.29 is 17.6 Å². The van der Waals surface area contributed by atoms with Crippen molar-refractivity contribution in [1.29, 1.82) is 0 Å². The first kappa shape index (κ1) is 21.3. The summed E-state index contributed by atoms with van der Waals surface area (Å²) in [5.41, 5.74) is 1.44. The molecule has 0 aliphatic heterocycles. The lowest BCUT2D eigenvalue weighted by atomic mass is 10.1. The molecule has 0 radical (unpaired) electrons.